The van der Waals surface area contributed by atoms with Gasteiger partial charge in [0.1, 0.15) is 0 Å². The lowest BCUT2D eigenvalue weighted by molar-refractivity contribution is -0.142. The van der Waals surface area contributed by atoms with Crippen LogP contribution in [0.1, 0.15) is 32.6 Å². The molecule has 0 saturated carbocycles. The highest BCUT2D eigenvalue weighted by molar-refractivity contribution is 5.79. The van der Waals surface area contributed by atoms with Gasteiger partial charge in [0.2, 0.25) is 5.91 Å². The Morgan fingerprint density at radius 3 is 2.22 bits per heavy atom. The molecule has 5 nitrogen and oxygen atoms in total. The van der Waals surface area contributed by atoms with Crippen molar-refractivity contribution in [3.63, 3.8) is 0 Å². The van der Waals surface area contributed by atoms with E-state index in [1.807, 2.05) is 16.7 Å². The van der Waals surface area contributed by atoms with Crippen LogP contribution in [0.2, 0.25) is 0 Å². The maximum Gasteiger partial charge on any atom is 0.319 e. The van der Waals surface area contributed by atoms with E-state index in [1.54, 1.807) is 0 Å². The molecule has 1 fully saturated rings. The predicted octanol–water partition coefficient (Wildman–Crippen LogP) is 0.884. The summed E-state index contributed by atoms with van der Waals surface area (Å²) in [4.78, 5) is 27.1. The zero-order chi connectivity index (χ0) is 13.4. The number of likely N-dealkylation sites (N-methyl/N-ethyl adjacent to an activating group) is 1. The molecule has 0 bridgehead atoms. The van der Waals surface area contributed by atoms with E-state index in [9.17, 15) is 9.59 Å². The van der Waals surface area contributed by atoms with E-state index in [0.29, 0.717) is 13.1 Å². The summed E-state index contributed by atoms with van der Waals surface area (Å²) in [5.41, 5.74) is 0. The van der Waals surface area contributed by atoms with Crippen molar-refractivity contribution in [2.75, 3.05) is 39.8 Å². The molecule has 5 heteroatoms. The normalized spacial score (nSPS) is 16.5. The fraction of sp³-hybridized carbons (Fsp3) is 0.846. The average molecular weight is 256 g/mol. The third-order valence-electron chi connectivity index (χ3n) is 3.35. The molecule has 1 aliphatic rings. The van der Waals surface area contributed by atoms with Gasteiger partial charge in [0.05, 0.1) is 20.2 Å². The van der Waals surface area contributed by atoms with Gasteiger partial charge in [-0.2, -0.15) is 0 Å². The number of ether oxygens (including phenoxy) is 1. The Bertz CT molecular complexity index is 273. The van der Waals surface area contributed by atoms with Crippen LogP contribution in [0, 0.1) is 0 Å². The molecule has 1 aliphatic heterocycles. The van der Waals surface area contributed by atoms with E-state index in [4.69, 9.17) is 0 Å². The lowest BCUT2D eigenvalue weighted by Crippen LogP contribution is -2.42. The van der Waals surface area contributed by atoms with Crippen molar-refractivity contribution in [3.8, 4) is 0 Å². The van der Waals surface area contributed by atoms with Crippen LogP contribution in [0.25, 0.3) is 0 Å². The first-order valence-corrected chi connectivity index (χ1v) is 6.74. The van der Waals surface area contributed by atoms with Gasteiger partial charge < -0.3 is 9.64 Å². The largest absolute Gasteiger partial charge is 0.468 e. The number of methoxy groups -OCH3 is 1. The number of likely N-dealkylation sites (tertiary alicyclic amines) is 1. The molecule has 0 aromatic carbocycles. The van der Waals surface area contributed by atoms with Crippen molar-refractivity contribution in [3.05, 3.63) is 0 Å². The van der Waals surface area contributed by atoms with E-state index in [0.717, 1.165) is 25.9 Å². The van der Waals surface area contributed by atoms with Crippen LogP contribution in [-0.2, 0) is 14.3 Å². The van der Waals surface area contributed by atoms with Gasteiger partial charge in [-0.25, -0.2) is 0 Å². The number of esters is 1. The van der Waals surface area contributed by atoms with Crippen LogP contribution in [0.4, 0.5) is 0 Å². The Hall–Kier alpha value is -1.10. The molecular weight excluding hydrogens is 232 g/mol. The minimum absolute atomic E-state index is 0.127. The summed E-state index contributed by atoms with van der Waals surface area (Å²) in [7, 11) is 1.37. The van der Waals surface area contributed by atoms with E-state index in [2.05, 4.69) is 4.74 Å². The third-order valence-corrected chi connectivity index (χ3v) is 3.35. The lowest BCUT2D eigenvalue weighted by atomic mass is 10.2. The SMILES string of the molecule is CCN(CC(=O)OC)CC(=O)N1CCCCCC1. The fourth-order valence-electron chi connectivity index (χ4n) is 2.14. The molecule has 0 N–H and O–H groups in total. The first-order valence-electron chi connectivity index (χ1n) is 6.74. The Morgan fingerprint density at radius 2 is 1.72 bits per heavy atom. The maximum atomic E-state index is 12.1. The summed E-state index contributed by atoms with van der Waals surface area (Å²) in [6.07, 6.45) is 4.61. The summed E-state index contributed by atoms with van der Waals surface area (Å²) in [5.74, 6) is -0.164. The lowest BCUT2D eigenvalue weighted by Gasteiger charge is -2.25. The van der Waals surface area contributed by atoms with Crippen molar-refractivity contribution in [1.82, 2.24) is 9.80 Å². The van der Waals surface area contributed by atoms with Crippen molar-refractivity contribution in [2.45, 2.75) is 32.6 Å². The van der Waals surface area contributed by atoms with Gasteiger partial charge in [-0.1, -0.05) is 19.8 Å². The molecule has 1 amide bonds. The van der Waals surface area contributed by atoms with Crippen LogP contribution in [0.3, 0.4) is 0 Å². The zero-order valence-corrected chi connectivity index (χ0v) is 11.5. The Kier molecular flexibility index (Phi) is 6.72. The fourth-order valence-corrected chi connectivity index (χ4v) is 2.14. The van der Waals surface area contributed by atoms with Crippen LogP contribution in [0.15, 0.2) is 0 Å². The number of nitrogens with zero attached hydrogens (tertiary/aromatic N) is 2. The molecule has 0 aromatic heterocycles. The van der Waals surface area contributed by atoms with Gasteiger partial charge in [0, 0.05) is 13.1 Å². The highest BCUT2D eigenvalue weighted by Gasteiger charge is 2.19. The van der Waals surface area contributed by atoms with Gasteiger partial charge in [-0.05, 0) is 19.4 Å². The van der Waals surface area contributed by atoms with Gasteiger partial charge in [0.15, 0.2) is 0 Å². The molecule has 0 atom stereocenters. The molecule has 0 unspecified atom stereocenters. The topological polar surface area (TPSA) is 49.9 Å². The molecular formula is C13H24N2O3. The Morgan fingerprint density at radius 1 is 1.11 bits per heavy atom. The number of amides is 1. The highest BCUT2D eigenvalue weighted by atomic mass is 16.5. The predicted molar refractivity (Wildman–Crippen MR) is 69.2 cm³/mol. The monoisotopic (exact) mass is 256 g/mol. The molecule has 0 aromatic rings. The third kappa shape index (κ3) is 5.04. The van der Waals surface area contributed by atoms with E-state index < -0.39 is 0 Å². The number of carbonyl (C=O) groups is 2. The second-order valence-corrected chi connectivity index (χ2v) is 4.67. The van der Waals surface area contributed by atoms with Gasteiger partial charge in [-0.15, -0.1) is 0 Å². The standard InChI is InChI=1S/C13H24N2O3/c1-3-14(11-13(17)18-2)10-12(16)15-8-6-4-5-7-9-15/h3-11H2,1-2H3. The number of carbonyl (C=O) groups excluding carboxylic acids is 2. The van der Waals surface area contributed by atoms with Crippen LogP contribution in [-0.4, -0.2) is 61.5 Å². The number of hydrogen-bond donors (Lipinski definition) is 0. The minimum atomic E-state index is -0.291. The summed E-state index contributed by atoms with van der Waals surface area (Å²) in [6, 6.07) is 0. The first kappa shape index (κ1) is 15.0. The molecule has 1 heterocycles. The Balaban J connectivity index is 2.42. The molecule has 1 saturated heterocycles. The van der Waals surface area contributed by atoms with Crippen molar-refractivity contribution >= 4 is 11.9 Å². The first-order chi connectivity index (χ1) is 8.67. The zero-order valence-electron chi connectivity index (χ0n) is 11.5. The molecule has 1 rings (SSSR count). The molecule has 0 spiro atoms. The molecule has 0 radical (unpaired) electrons. The highest BCUT2D eigenvalue weighted by Crippen LogP contribution is 2.10. The smallest absolute Gasteiger partial charge is 0.319 e. The summed E-state index contributed by atoms with van der Waals surface area (Å²) >= 11 is 0. The second kappa shape index (κ2) is 8.08. The van der Waals surface area contributed by atoms with E-state index >= 15 is 0 Å². The molecule has 18 heavy (non-hydrogen) atoms. The van der Waals surface area contributed by atoms with Crippen LogP contribution in [0.5, 0.6) is 0 Å². The summed E-state index contributed by atoms with van der Waals surface area (Å²) < 4.78 is 4.62. The van der Waals surface area contributed by atoms with Crippen molar-refractivity contribution in [2.24, 2.45) is 0 Å². The van der Waals surface area contributed by atoms with Gasteiger partial charge in [0.25, 0.3) is 0 Å². The number of rotatable bonds is 5. The second-order valence-electron chi connectivity index (χ2n) is 4.67. The molecule has 0 aliphatic carbocycles. The summed E-state index contributed by atoms with van der Waals surface area (Å²) in [6.45, 7) is 4.83. The van der Waals surface area contributed by atoms with Crippen molar-refractivity contribution < 1.29 is 14.3 Å². The van der Waals surface area contributed by atoms with Gasteiger partial charge >= 0.3 is 5.97 Å². The number of hydrogen-bond acceptors (Lipinski definition) is 4. The van der Waals surface area contributed by atoms with Crippen molar-refractivity contribution in [1.29, 1.82) is 0 Å². The minimum Gasteiger partial charge on any atom is -0.468 e. The van der Waals surface area contributed by atoms with Crippen LogP contribution >= 0.6 is 0 Å². The van der Waals surface area contributed by atoms with E-state index in [1.165, 1.54) is 20.0 Å². The maximum absolute atomic E-state index is 12.1. The summed E-state index contributed by atoms with van der Waals surface area (Å²) in [5, 5.41) is 0. The van der Waals surface area contributed by atoms with Crippen LogP contribution < -0.4 is 0 Å². The quantitative estimate of drug-likeness (QED) is 0.685. The molecule has 104 valence electrons. The Labute approximate surface area is 109 Å². The van der Waals surface area contributed by atoms with Gasteiger partial charge in [-0.3, -0.25) is 14.5 Å². The van der Waals surface area contributed by atoms with E-state index in [-0.39, 0.29) is 18.4 Å². The average Bonchev–Trinajstić information content (AvgIpc) is 2.66.